The molecule has 0 bridgehead atoms. The first-order valence-electron chi connectivity index (χ1n) is 9.49. The Morgan fingerprint density at radius 1 is 1.07 bits per heavy atom. The second kappa shape index (κ2) is 8.05. The third-order valence-corrected chi connectivity index (χ3v) is 6.01. The number of nitrogens with zero attached hydrogens (tertiary/aromatic N) is 1. The van der Waals surface area contributed by atoms with Gasteiger partial charge in [0.1, 0.15) is 0 Å². The number of pyridine rings is 1. The van der Waals surface area contributed by atoms with Crippen molar-refractivity contribution >= 4 is 27.4 Å². The Morgan fingerprint density at radius 3 is 2.69 bits per heavy atom. The molecule has 0 aliphatic heterocycles. The molecule has 4 rings (SSSR count). The van der Waals surface area contributed by atoms with Gasteiger partial charge in [0.2, 0.25) is 0 Å². The predicted molar refractivity (Wildman–Crippen MR) is 118 cm³/mol. The molecule has 4 nitrogen and oxygen atoms in total. The van der Waals surface area contributed by atoms with Gasteiger partial charge in [-0.05, 0) is 53.3 Å². The van der Waals surface area contributed by atoms with Crippen molar-refractivity contribution in [2.24, 2.45) is 7.05 Å². The first kappa shape index (κ1) is 19.2. The molecule has 5 heteroatoms. The maximum atomic E-state index is 12.1. The van der Waals surface area contributed by atoms with E-state index in [4.69, 9.17) is 4.74 Å². The molecule has 29 heavy (non-hydrogen) atoms. The molecule has 2 heterocycles. The van der Waals surface area contributed by atoms with E-state index in [0.717, 1.165) is 28.5 Å². The Kier molecular flexibility index (Phi) is 5.32. The third kappa shape index (κ3) is 4.00. The van der Waals surface area contributed by atoms with Gasteiger partial charge in [0.05, 0.1) is 12.2 Å². The highest BCUT2D eigenvalue weighted by Crippen LogP contribution is 2.36. The van der Waals surface area contributed by atoms with E-state index in [9.17, 15) is 9.59 Å². The van der Waals surface area contributed by atoms with Crippen molar-refractivity contribution in [1.29, 1.82) is 0 Å². The topological polar surface area (TPSA) is 48.3 Å². The summed E-state index contributed by atoms with van der Waals surface area (Å²) in [5.74, 6) is -0.306. The number of rotatable bonds is 5. The Bertz CT molecular complexity index is 1250. The van der Waals surface area contributed by atoms with Crippen molar-refractivity contribution in [3.05, 3.63) is 93.2 Å². The monoisotopic (exact) mass is 403 g/mol. The molecule has 0 fully saturated rings. The molecule has 0 radical (unpaired) electrons. The Labute approximate surface area is 173 Å². The Morgan fingerprint density at radius 2 is 1.90 bits per heavy atom. The molecule has 2 aromatic heterocycles. The summed E-state index contributed by atoms with van der Waals surface area (Å²) in [6.07, 6.45) is 2.52. The van der Waals surface area contributed by atoms with Gasteiger partial charge in [-0.25, -0.2) is 4.79 Å². The van der Waals surface area contributed by atoms with Crippen LogP contribution in [0.1, 0.15) is 27.7 Å². The summed E-state index contributed by atoms with van der Waals surface area (Å²) < 4.78 is 7.88. The summed E-state index contributed by atoms with van der Waals surface area (Å²) in [6.45, 7) is 2.16. The summed E-state index contributed by atoms with van der Waals surface area (Å²) in [5.41, 5.74) is 3.64. The summed E-state index contributed by atoms with van der Waals surface area (Å²) in [6, 6.07) is 19.6. The summed E-state index contributed by atoms with van der Waals surface area (Å²) in [5, 5.41) is 1.16. The molecule has 0 saturated carbocycles. The minimum Gasteiger partial charge on any atom is -0.462 e. The van der Waals surface area contributed by atoms with E-state index in [0.29, 0.717) is 12.2 Å². The zero-order valence-corrected chi connectivity index (χ0v) is 17.2. The van der Waals surface area contributed by atoms with Gasteiger partial charge < -0.3 is 9.30 Å². The number of carbonyl (C=O) groups is 1. The van der Waals surface area contributed by atoms with Crippen LogP contribution in [0.15, 0.2) is 71.7 Å². The van der Waals surface area contributed by atoms with Crippen LogP contribution in [0.3, 0.4) is 0 Å². The maximum absolute atomic E-state index is 12.1. The highest BCUT2D eigenvalue weighted by Gasteiger charge is 2.12. The van der Waals surface area contributed by atoms with Gasteiger partial charge in [-0.1, -0.05) is 30.3 Å². The normalized spacial score (nSPS) is 11.0. The van der Waals surface area contributed by atoms with Crippen LogP contribution in [0.4, 0.5) is 0 Å². The number of hydrogen-bond donors (Lipinski definition) is 0. The highest BCUT2D eigenvalue weighted by atomic mass is 32.1. The molecule has 0 amide bonds. The van der Waals surface area contributed by atoms with Crippen LogP contribution >= 0.6 is 11.3 Å². The van der Waals surface area contributed by atoms with Crippen LogP contribution in [-0.2, 0) is 18.2 Å². The lowest BCUT2D eigenvalue weighted by molar-refractivity contribution is 0.0526. The van der Waals surface area contributed by atoms with Crippen molar-refractivity contribution in [1.82, 2.24) is 4.57 Å². The second-order valence-electron chi connectivity index (χ2n) is 6.90. The Hall–Kier alpha value is -3.18. The Balaban J connectivity index is 1.71. The zero-order chi connectivity index (χ0) is 20.4. The van der Waals surface area contributed by atoms with Crippen LogP contribution in [0.25, 0.3) is 21.2 Å². The van der Waals surface area contributed by atoms with E-state index in [1.807, 2.05) is 30.3 Å². The average Bonchev–Trinajstić information content (AvgIpc) is 3.13. The molecule has 0 atom stereocenters. The van der Waals surface area contributed by atoms with E-state index in [1.54, 1.807) is 48.2 Å². The zero-order valence-electron chi connectivity index (χ0n) is 16.3. The largest absolute Gasteiger partial charge is 0.462 e. The molecule has 2 aromatic carbocycles. The predicted octanol–water partition coefficient (Wildman–Crippen LogP) is 5.03. The maximum Gasteiger partial charge on any atom is 0.338 e. The molecule has 0 spiro atoms. The fourth-order valence-electron chi connectivity index (χ4n) is 3.36. The van der Waals surface area contributed by atoms with E-state index < -0.39 is 0 Å². The van der Waals surface area contributed by atoms with Gasteiger partial charge in [0.15, 0.2) is 0 Å². The number of hydrogen-bond acceptors (Lipinski definition) is 4. The lowest BCUT2D eigenvalue weighted by Gasteiger charge is -2.06. The molecular formula is C24H21NO3S. The molecule has 0 saturated heterocycles. The van der Waals surface area contributed by atoms with Gasteiger partial charge in [-0.2, -0.15) is 0 Å². The number of ether oxygens (including phenoxy) is 1. The lowest BCUT2D eigenvalue weighted by Crippen LogP contribution is -2.15. The molecular weight excluding hydrogens is 382 g/mol. The number of carbonyl (C=O) groups excluding carboxylic acids is 1. The molecule has 0 unspecified atom stereocenters. The lowest BCUT2D eigenvalue weighted by atomic mass is 10.0. The van der Waals surface area contributed by atoms with E-state index in [1.165, 1.54) is 9.58 Å². The number of thiophene rings is 1. The van der Waals surface area contributed by atoms with Gasteiger partial charge in [-0.15, -0.1) is 11.3 Å². The number of aryl methyl sites for hydroxylation is 1. The SMILES string of the molecule is CCOC(=O)c1cccc(-c2cccc3cc(Cc4ccn(C)c(=O)c4)sc23)c1. The number of aromatic nitrogens is 1. The molecule has 146 valence electrons. The summed E-state index contributed by atoms with van der Waals surface area (Å²) in [7, 11) is 1.75. The average molecular weight is 404 g/mol. The van der Waals surface area contributed by atoms with Crippen molar-refractivity contribution in [3.8, 4) is 11.1 Å². The van der Waals surface area contributed by atoms with E-state index in [-0.39, 0.29) is 11.5 Å². The fraction of sp³-hybridized carbons (Fsp3) is 0.167. The van der Waals surface area contributed by atoms with Crippen LogP contribution < -0.4 is 5.56 Å². The smallest absolute Gasteiger partial charge is 0.338 e. The van der Waals surface area contributed by atoms with Crippen LogP contribution in [0.2, 0.25) is 0 Å². The number of esters is 1. The minimum atomic E-state index is -0.306. The van der Waals surface area contributed by atoms with Crippen LogP contribution in [0, 0.1) is 0 Å². The first-order valence-corrected chi connectivity index (χ1v) is 10.3. The minimum absolute atomic E-state index is 0.0000745. The number of benzene rings is 2. The molecule has 0 aliphatic rings. The van der Waals surface area contributed by atoms with Gasteiger partial charge in [0.25, 0.3) is 5.56 Å². The standard InChI is InChI=1S/C24H21NO3S/c1-3-28-24(27)19-8-4-6-17(14-19)21-9-5-7-18-15-20(29-23(18)21)12-16-10-11-25(2)22(26)13-16/h4-11,13-15H,3,12H2,1-2H3. The first-order chi connectivity index (χ1) is 14.0. The van der Waals surface area contributed by atoms with Crippen LogP contribution in [-0.4, -0.2) is 17.1 Å². The van der Waals surface area contributed by atoms with Crippen molar-refractivity contribution in [2.75, 3.05) is 6.61 Å². The highest BCUT2D eigenvalue weighted by molar-refractivity contribution is 7.19. The third-order valence-electron chi connectivity index (χ3n) is 4.83. The molecule has 0 N–H and O–H groups in total. The van der Waals surface area contributed by atoms with Crippen molar-refractivity contribution in [3.63, 3.8) is 0 Å². The van der Waals surface area contributed by atoms with E-state index in [2.05, 4.69) is 18.2 Å². The van der Waals surface area contributed by atoms with Crippen LogP contribution in [0.5, 0.6) is 0 Å². The summed E-state index contributed by atoms with van der Waals surface area (Å²) >= 11 is 1.72. The van der Waals surface area contributed by atoms with Crippen molar-refractivity contribution in [2.45, 2.75) is 13.3 Å². The summed E-state index contributed by atoms with van der Waals surface area (Å²) in [4.78, 5) is 25.2. The fourth-order valence-corrected chi connectivity index (χ4v) is 4.59. The quantitative estimate of drug-likeness (QED) is 0.439. The van der Waals surface area contributed by atoms with Gasteiger partial charge in [0, 0.05) is 35.3 Å². The number of fused-ring (bicyclic) bond motifs is 1. The van der Waals surface area contributed by atoms with Crippen molar-refractivity contribution < 1.29 is 9.53 Å². The molecule has 0 aliphatic carbocycles. The van der Waals surface area contributed by atoms with Gasteiger partial charge >= 0.3 is 5.97 Å². The molecule has 4 aromatic rings. The van der Waals surface area contributed by atoms with Gasteiger partial charge in [-0.3, -0.25) is 4.79 Å². The van der Waals surface area contributed by atoms with E-state index >= 15 is 0 Å². The second-order valence-corrected chi connectivity index (χ2v) is 8.04.